The Labute approximate surface area is 151 Å². The van der Waals surface area contributed by atoms with Crippen LogP contribution in [0.5, 0.6) is 0 Å². The fourth-order valence-electron chi connectivity index (χ4n) is 1.96. The van der Waals surface area contributed by atoms with Gasteiger partial charge in [-0.05, 0) is 30.3 Å². The number of hydrogen-bond acceptors (Lipinski definition) is 5. The van der Waals surface area contributed by atoms with E-state index in [4.69, 9.17) is 28.5 Å². The number of fused-ring (bicyclic) bond motifs is 1. The lowest BCUT2D eigenvalue weighted by atomic mass is 10.2. The van der Waals surface area contributed by atoms with Crippen molar-refractivity contribution in [2.75, 3.05) is 11.1 Å². The fourth-order valence-corrected chi connectivity index (χ4v) is 3.17. The number of nitrogens with zero attached hydrogens (tertiary/aromatic N) is 4. The van der Waals surface area contributed by atoms with Crippen molar-refractivity contribution in [1.82, 2.24) is 14.6 Å². The molecule has 24 heavy (non-hydrogen) atoms. The monoisotopic (exact) mass is 377 g/mol. The summed E-state index contributed by atoms with van der Waals surface area (Å²) < 4.78 is 1.64. The van der Waals surface area contributed by atoms with Gasteiger partial charge in [0, 0.05) is 11.9 Å². The van der Waals surface area contributed by atoms with Crippen LogP contribution in [0.2, 0.25) is 10.0 Å². The number of amides is 1. The van der Waals surface area contributed by atoms with Crippen molar-refractivity contribution < 1.29 is 4.79 Å². The van der Waals surface area contributed by atoms with Gasteiger partial charge in [-0.15, -0.1) is 10.2 Å². The zero-order valence-corrected chi connectivity index (χ0v) is 14.4. The van der Waals surface area contributed by atoms with E-state index in [1.165, 1.54) is 11.8 Å². The summed E-state index contributed by atoms with van der Waals surface area (Å²) in [6, 6.07) is 10.2. The summed E-state index contributed by atoms with van der Waals surface area (Å²) in [5, 5.41) is 20.9. The van der Waals surface area contributed by atoms with Gasteiger partial charge in [-0.1, -0.05) is 35.0 Å². The van der Waals surface area contributed by atoms with Gasteiger partial charge in [0.2, 0.25) is 5.91 Å². The molecule has 0 unspecified atom stereocenters. The van der Waals surface area contributed by atoms with Gasteiger partial charge in [0.1, 0.15) is 0 Å². The number of aromatic nitrogens is 3. The molecule has 0 saturated carbocycles. The zero-order valence-electron chi connectivity index (χ0n) is 12.0. The SMILES string of the molecule is N#Cc1ccc(NC(=O)CSc2nnc3c(Cl)cc(Cl)cn23)cc1. The lowest BCUT2D eigenvalue weighted by Gasteiger charge is -2.05. The van der Waals surface area contributed by atoms with Crippen LogP contribution in [-0.2, 0) is 4.79 Å². The van der Waals surface area contributed by atoms with Crippen LogP contribution in [0, 0.1) is 11.3 Å². The van der Waals surface area contributed by atoms with E-state index in [0.717, 1.165) is 0 Å². The minimum Gasteiger partial charge on any atom is -0.325 e. The molecule has 0 fully saturated rings. The highest BCUT2D eigenvalue weighted by Crippen LogP contribution is 2.25. The predicted octanol–water partition coefficient (Wildman–Crippen LogP) is 3.64. The first-order valence-corrected chi connectivity index (χ1v) is 8.43. The van der Waals surface area contributed by atoms with E-state index in [-0.39, 0.29) is 11.7 Å². The molecule has 0 saturated heterocycles. The number of halogens is 2. The molecule has 0 aliphatic rings. The Kier molecular flexibility index (Phi) is 4.90. The first-order valence-electron chi connectivity index (χ1n) is 6.69. The molecular weight excluding hydrogens is 369 g/mol. The minimum atomic E-state index is -0.199. The van der Waals surface area contributed by atoms with Crippen LogP contribution in [0.4, 0.5) is 5.69 Å². The maximum atomic E-state index is 12.0. The summed E-state index contributed by atoms with van der Waals surface area (Å²) in [6.45, 7) is 0. The van der Waals surface area contributed by atoms with Crippen molar-refractivity contribution in [1.29, 1.82) is 5.26 Å². The molecular formula is C15H9Cl2N5OS. The van der Waals surface area contributed by atoms with Crippen molar-refractivity contribution in [3.05, 3.63) is 52.1 Å². The molecule has 1 aromatic carbocycles. The van der Waals surface area contributed by atoms with Gasteiger partial charge in [0.05, 0.1) is 27.4 Å². The molecule has 2 aromatic heterocycles. The van der Waals surface area contributed by atoms with Crippen molar-refractivity contribution >= 4 is 52.2 Å². The molecule has 0 spiro atoms. The summed E-state index contributed by atoms with van der Waals surface area (Å²) in [5.74, 6) is -0.0557. The van der Waals surface area contributed by atoms with Crippen molar-refractivity contribution in [3.8, 4) is 6.07 Å². The molecule has 120 valence electrons. The fraction of sp³-hybridized carbons (Fsp3) is 0.0667. The summed E-state index contributed by atoms with van der Waals surface area (Å²) in [6.07, 6.45) is 1.64. The van der Waals surface area contributed by atoms with Gasteiger partial charge in [0.25, 0.3) is 0 Å². The normalized spacial score (nSPS) is 10.5. The van der Waals surface area contributed by atoms with Crippen LogP contribution in [-0.4, -0.2) is 26.3 Å². The Morgan fingerprint density at radius 3 is 2.75 bits per heavy atom. The quantitative estimate of drug-likeness (QED) is 0.701. The van der Waals surface area contributed by atoms with Gasteiger partial charge in [-0.3, -0.25) is 9.20 Å². The first kappa shape index (κ1) is 16.6. The molecule has 3 rings (SSSR count). The number of nitrogens with one attached hydrogen (secondary N) is 1. The van der Waals surface area contributed by atoms with Crippen LogP contribution < -0.4 is 5.32 Å². The van der Waals surface area contributed by atoms with Crippen LogP contribution in [0.3, 0.4) is 0 Å². The van der Waals surface area contributed by atoms with Crippen LogP contribution in [0.25, 0.3) is 5.65 Å². The van der Waals surface area contributed by atoms with Crippen molar-refractivity contribution in [3.63, 3.8) is 0 Å². The summed E-state index contributed by atoms with van der Waals surface area (Å²) in [4.78, 5) is 12.0. The third kappa shape index (κ3) is 3.62. The second-order valence-corrected chi connectivity index (χ2v) is 6.49. The maximum Gasteiger partial charge on any atom is 0.234 e. The third-order valence-corrected chi connectivity index (χ3v) is 4.45. The molecule has 1 amide bonds. The first-order chi connectivity index (χ1) is 11.6. The van der Waals surface area contributed by atoms with E-state index in [9.17, 15) is 4.79 Å². The Balaban J connectivity index is 1.67. The number of pyridine rings is 1. The number of anilines is 1. The van der Waals surface area contributed by atoms with E-state index in [0.29, 0.717) is 32.1 Å². The number of carbonyl (C=O) groups excluding carboxylic acids is 1. The number of hydrogen-bond donors (Lipinski definition) is 1. The van der Waals surface area contributed by atoms with Gasteiger partial charge in [-0.2, -0.15) is 5.26 Å². The highest BCUT2D eigenvalue weighted by atomic mass is 35.5. The van der Waals surface area contributed by atoms with Crippen LogP contribution in [0.15, 0.2) is 41.7 Å². The number of benzene rings is 1. The van der Waals surface area contributed by atoms with Gasteiger partial charge < -0.3 is 5.32 Å². The number of thioether (sulfide) groups is 1. The average molecular weight is 378 g/mol. The van der Waals surface area contributed by atoms with Crippen molar-refractivity contribution in [2.24, 2.45) is 0 Å². The van der Waals surface area contributed by atoms with Gasteiger partial charge in [0.15, 0.2) is 10.8 Å². The third-order valence-electron chi connectivity index (χ3n) is 3.03. The van der Waals surface area contributed by atoms with Crippen LogP contribution >= 0.6 is 35.0 Å². The van der Waals surface area contributed by atoms with E-state index in [1.54, 1.807) is 40.9 Å². The standard InChI is InChI=1S/C15H9Cl2N5OS/c16-10-5-12(17)14-20-21-15(22(14)7-10)24-8-13(23)19-11-3-1-9(6-18)2-4-11/h1-5,7H,8H2,(H,19,23). The molecule has 0 atom stereocenters. The van der Waals surface area contributed by atoms with E-state index in [2.05, 4.69) is 15.5 Å². The lowest BCUT2D eigenvalue weighted by molar-refractivity contribution is -0.113. The number of nitriles is 1. The molecule has 9 heteroatoms. The van der Waals surface area contributed by atoms with Crippen molar-refractivity contribution in [2.45, 2.75) is 5.16 Å². The predicted molar refractivity (Wildman–Crippen MR) is 93.5 cm³/mol. The Hall–Kier alpha value is -2.27. The molecule has 0 aliphatic carbocycles. The molecule has 0 bridgehead atoms. The number of rotatable bonds is 4. The Bertz CT molecular complexity index is 949. The average Bonchev–Trinajstić information content (AvgIpc) is 2.97. The molecule has 3 aromatic rings. The van der Waals surface area contributed by atoms with Crippen LogP contribution in [0.1, 0.15) is 5.56 Å². The molecule has 6 nitrogen and oxygen atoms in total. The molecule has 2 heterocycles. The highest BCUT2D eigenvalue weighted by Gasteiger charge is 2.12. The minimum absolute atomic E-state index is 0.144. The maximum absolute atomic E-state index is 12.0. The van der Waals surface area contributed by atoms with E-state index < -0.39 is 0 Å². The summed E-state index contributed by atoms with van der Waals surface area (Å²) in [7, 11) is 0. The van der Waals surface area contributed by atoms with E-state index >= 15 is 0 Å². The van der Waals surface area contributed by atoms with Gasteiger partial charge in [-0.25, -0.2) is 0 Å². The molecule has 1 N–H and O–H groups in total. The summed E-state index contributed by atoms with van der Waals surface area (Å²) >= 11 is 13.2. The van der Waals surface area contributed by atoms with Gasteiger partial charge >= 0.3 is 0 Å². The smallest absolute Gasteiger partial charge is 0.234 e. The lowest BCUT2D eigenvalue weighted by Crippen LogP contribution is -2.14. The number of carbonyl (C=O) groups is 1. The Morgan fingerprint density at radius 2 is 2.04 bits per heavy atom. The molecule has 0 radical (unpaired) electrons. The highest BCUT2D eigenvalue weighted by molar-refractivity contribution is 7.99. The topological polar surface area (TPSA) is 83.1 Å². The van der Waals surface area contributed by atoms with E-state index in [1.807, 2.05) is 6.07 Å². The largest absolute Gasteiger partial charge is 0.325 e. The zero-order chi connectivity index (χ0) is 17.1. The second kappa shape index (κ2) is 7.09. The Morgan fingerprint density at radius 1 is 1.29 bits per heavy atom. The second-order valence-electron chi connectivity index (χ2n) is 4.71. The molecule has 0 aliphatic heterocycles. The summed E-state index contributed by atoms with van der Waals surface area (Å²) in [5.41, 5.74) is 1.64.